The lowest BCUT2D eigenvalue weighted by molar-refractivity contribution is 0.112. The van der Waals surface area contributed by atoms with E-state index in [-0.39, 0.29) is 0 Å². The molecule has 0 spiro atoms. The first kappa shape index (κ1) is 11.5. The van der Waals surface area contributed by atoms with Crippen molar-refractivity contribution in [2.75, 3.05) is 0 Å². The van der Waals surface area contributed by atoms with E-state index in [9.17, 15) is 4.79 Å². The second-order valence-electron chi connectivity index (χ2n) is 4.18. The van der Waals surface area contributed by atoms with Crippen LogP contribution >= 0.6 is 0 Å². The summed E-state index contributed by atoms with van der Waals surface area (Å²) in [5, 5.41) is 0. The maximum absolute atomic E-state index is 10.7. The second-order valence-corrected chi connectivity index (χ2v) is 4.18. The molecule has 0 N–H and O–H groups in total. The Bertz CT molecular complexity index is 686. The molecule has 0 aliphatic heterocycles. The van der Waals surface area contributed by atoms with E-state index in [0.29, 0.717) is 17.9 Å². The van der Waals surface area contributed by atoms with Gasteiger partial charge in [-0.15, -0.1) is 0 Å². The van der Waals surface area contributed by atoms with Crippen molar-refractivity contribution in [3.05, 3.63) is 66.1 Å². The van der Waals surface area contributed by atoms with Gasteiger partial charge in [0.05, 0.1) is 5.69 Å². The van der Waals surface area contributed by atoms with Gasteiger partial charge in [0.2, 0.25) is 0 Å². The molecule has 0 saturated heterocycles. The molecule has 3 aromatic rings. The fourth-order valence-corrected chi connectivity index (χ4v) is 1.89. The Morgan fingerprint density at radius 3 is 3.00 bits per heavy atom. The fourth-order valence-electron chi connectivity index (χ4n) is 1.89. The number of ether oxygens (including phenoxy) is 1. The molecule has 19 heavy (non-hydrogen) atoms. The first-order valence-electron chi connectivity index (χ1n) is 5.96. The number of aldehydes is 1. The van der Waals surface area contributed by atoms with Crippen molar-refractivity contribution in [2.24, 2.45) is 0 Å². The summed E-state index contributed by atoms with van der Waals surface area (Å²) >= 11 is 0. The fraction of sp³-hybridized carbons (Fsp3) is 0.0667. The van der Waals surface area contributed by atoms with Gasteiger partial charge in [-0.05, 0) is 24.3 Å². The summed E-state index contributed by atoms with van der Waals surface area (Å²) in [6, 6.07) is 12.9. The average Bonchev–Trinajstić information content (AvgIpc) is 2.88. The Hall–Kier alpha value is -2.62. The van der Waals surface area contributed by atoms with Crippen molar-refractivity contribution in [3.8, 4) is 5.75 Å². The van der Waals surface area contributed by atoms with Gasteiger partial charge in [0.25, 0.3) is 0 Å². The zero-order valence-corrected chi connectivity index (χ0v) is 10.2. The maximum Gasteiger partial charge on any atom is 0.150 e. The number of aromatic nitrogens is 2. The predicted molar refractivity (Wildman–Crippen MR) is 71.4 cm³/mol. The van der Waals surface area contributed by atoms with E-state index >= 15 is 0 Å². The van der Waals surface area contributed by atoms with Crippen molar-refractivity contribution < 1.29 is 9.53 Å². The molecular formula is C15H12N2O2. The molecule has 0 aliphatic carbocycles. The molecule has 2 aromatic heterocycles. The van der Waals surface area contributed by atoms with E-state index in [2.05, 4.69) is 4.98 Å². The van der Waals surface area contributed by atoms with E-state index in [4.69, 9.17) is 4.74 Å². The first-order chi connectivity index (χ1) is 9.35. The van der Waals surface area contributed by atoms with E-state index < -0.39 is 0 Å². The molecule has 1 aromatic carbocycles. The lowest BCUT2D eigenvalue weighted by atomic mass is 10.2. The Labute approximate surface area is 110 Å². The lowest BCUT2D eigenvalue weighted by Gasteiger charge is -2.03. The minimum Gasteiger partial charge on any atom is -0.487 e. The zero-order valence-electron chi connectivity index (χ0n) is 10.2. The van der Waals surface area contributed by atoms with Gasteiger partial charge in [0, 0.05) is 18.0 Å². The lowest BCUT2D eigenvalue weighted by Crippen LogP contribution is -1.96. The van der Waals surface area contributed by atoms with Gasteiger partial charge in [-0.1, -0.05) is 18.2 Å². The van der Waals surface area contributed by atoms with Crippen LogP contribution in [0.5, 0.6) is 5.75 Å². The van der Waals surface area contributed by atoms with Crippen LogP contribution in [0, 0.1) is 0 Å². The summed E-state index contributed by atoms with van der Waals surface area (Å²) in [6.45, 7) is 0.379. The number of hydrogen-bond donors (Lipinski definition) is 0. The summed E-state index contributed by atoms with van der Waals surface area (Å²) in [5.41, 5.74) is 2.35. The molecule has 0 unspecified atom stereocenters. The predicted octanol–water partition coefficient (Wildman–Crippen LogP) is 2.73. The maximum atomic E-state index is 10.7. The van der Waals surface area contributed by atoms with E-state index in [0.717, 1.165) is 17.6 Å². The van der Waals surface area contributed by atoms with Crippen molar-refractivity contribution in [3.63, 3.8) is 0 Å². The van der Waals surface area contributed by atoms with Crippen LogP contribution in [0.25, 0.3) is 5.65 Å². The zero-order chi connectivity index (χ0) is 13.1. The number of pyridine rings is 1. The van der Waals surface area contributed by atoms with Crippen LogP contribution < -0.4 is 4.74 Å². The Balaban J connectivity index is 1.76. The van der Waals surface area contributed by atoms with Crippen LogP contribution in [-0.2, 0) is 6.61 Å². The molecular weight excluding hydrogens is 240 g/mol. The van der Waals surface area contributed by atoms with Gasteiger partial charge in [0.15, 0.2) is 0 Å². The molecule has 0 saturated carbocycles. The van der Waals surface area contributed by atoms with Crippen LogP contribution in [0.4, 0.5) is 0 Å². The third-order valence-electron chi connectivity index (χ3n) is 2.79. The number of nitrogens with zero attached hydrogens (tertiary/aromatic N) is 2. The smallest absolute Gasteiger partial charge is 0.150 e. The summed E-state index contributed by atoms with van der Waals surface area (Å²) in [4.78, 5) is 15.1. The van der Waals surface area contributed by atoms with E-state index in [1.165, 1.54) is 0 Å². The molecule has 0 fully saturated rings. The quantitative estimate of drug-likeness (QED) is 0.670. The first-order valence-corrected chi connectivity index (χ1v) is 5.96. The highest BCUT2D eigenvalue weighted by molar-refractivity contribution is 5.75. The van der Waals surface area contributed by atoms with Gasteiger partial charge in [-0.2, -0.15) is 0 Å². The number of imidazole rings is 1. The molecule has 4 heteroatoms. The molecule has 0 bridgehead atoms. The van der Waals surface area contributed by atoms with Crippen molar-refractivity contribution in [1.29, 1.82) is 0 Å². The molecule has 0 atom stereocenters. The average molecular weight is 252 g/mol. The highest BCUT2D eigenvalue weighted by Gasteiger charge is 2.02. The minimum absolute atomic E-state index is 0.379. The van der Waals surface area contributed by atoms with E-state index in [1.54, 1.807) is 18.2 Å². The molecule has 0 aliphatic rings. The van der Waals surface area contributed by atoms with E-state index in [1.807, 2.05) is 41.1 Å². The van der Waals surface area contributed by atoms with Crippen molar-refractivity contribution in [2.45, 2.75) is 6.61 Å². The standard InChI is InChI=1S/C15H12N2O2/c18-10-12-4-3-5-14(8-12)19-11-13-9-17-7-2-1-6-15(17)16-13/h1-10H,11H2. The molecule has 0 radical (unpaired) electrons. The van der Waals surface area contributed by atoms with Gasteiger partial charge in [-0.25, -0.2) is 4.98 Å². The molecule has 4 nitrogen and oxygen atoms in total. The third kappa shape index (κ3) is 2.47. The van der Waals surface area contributed by atoms with Crippen molar-refractivity contribution in [1.82, 2.24) is 9.38 Å². The molecule has 3 rings (SSSR count). The monoisotopic (exact) mass is 252 g/mol. The topological polar surface area (TPSA) is 43.6 Å². The normalized spacial score (nSPS) is 10.5. The van der Waals surface area contributed by atoms with Gasteiger partial charge >= 0.3 is 0 Å². The number of carbonyl (C=O) groups excluding carboxylic acids is 1. The van der Waals surface area contributed by atoms with Gasteiger partial charge in [0.1, 0.15) is 24.3 Å². The van der Waals surface area contributed by atoms with Crippen LogP contribution in [0.3, 0.4) is 0 Å². The highest BCUT2D eigenvalue weighted by Crippen LogP contribution is 2.14. The third-order valence-corrected chi connectivity index (χ3v) is 2.79. The highest BCUT2D eigenvalue weighted by atomic mass is 16.5. The number of fused-ring (bicyclic) bond motifs is 1. The van der Waals surface area contributed by atoms with Crippen LogP contribution in [0.1, 0.15) is 16.1 Å². The number of hydrogen-bond acceptors (Lipinski definition) is 3. The van der Waals surface area contributed by atoms with Crippen molar-refractivity contribution >= 4 is 11.9 Å². The number of rotatable bonds is 4. The van der Waals surface area contributed by atoms with Crippen LogP contribution in [-0.4, -0.2) is 15.7 Å². The van der Waals surface area contributed by atoms with Crippen LogP contribution in [0.2, 0.25) is 0 Å². The summed E-state index contributed by atoms with van der Waals surface area (Å²) < 4.78 is 7.57. The Morgan fingerprint density at radius 1 is 1.21 bits per heavy atom. The minimum atomic E-state index is 0.379. The molecule has 94 valence electrons. The largest absolute Gasteiger partial charge is 0.487 e. The summed E-state index contributed by atoms with van der Waals surface area (Å²) in [5.74, 6) is 0.668. The van der Waals surface area contributed by atoms with Gasteiger partial charge in [-0.3, -0.25) is 4.79 Å². The second kappa shape index (κ2) is 4.94. The molecule has 0 amide bonds. The molecule has 2 heterocycles. The van der Waals surface area contributed by atoms with Gasteiger partial charge < -0.3 is 9.14 Å². The number of benzene rings is 1. The SMILES string of the molecule is O=Cc1cccc(OCc2cn3ccccc3n2)c1. The summed E-state index contributed by atoms with van der Waals surface area (Å²) in [7, 11) is 0. The Morgan fingerprint density at radius 2 is 2.16 bits per heavy atom. The Kier molecular flexibility index (Phi) is 2.98. The number of carbonyl (C=O) groups is 1. The van der Waals surface area contributed by atoms with Crippen LogP contribution in [0.15, 0.2) is 54.9 Å². The summed E-state index contributed by atoms with van der Waals surface area (Å²) in [6.07, 6.45) is 4.68.